The highest BCUT2D eigenvalue weighted by Gasteiger charge is 2.72. The van der Waals surface area contributed by atoms with E-state index in [-0.39, 0.29) is 40.8 Å². The first kappa shape index (κ1) is 16.9. The molecule has 5 rings (SSSR count). The standard InChI is InChI=1S/C22H28O4/c1-21-6-5-12(24)7-11(21)3-4-13-18-14-8-15(14)20(17(26)10-23)22(18,2)9-16(25)19(13)21/h5-7,13-16,18-20,23,25H,3-4,8-10H2,1-2H3/t13-,14-,15+,16-,18+,19+,20+,21-,22-/m0/s1. The lowest BCUT2D eigenvalue weighted by molar-refractivity contribution is -0.146. The number of aliphatic hydroxyl groups is 2. The third-order valence-corrected chi connectivity index (χ3v) is 8.78. The monoisotopic (exact) mass is 356 g/mol. The highest BCUT2D eigenvalue weighted by molar-refractivity contribution is 6.01. The van der Waals surface area contributed by atoms with E-state index in [4.69, 9.17) is 0 Å². The van der Waals surface area contributed by atoms with Crippen molar-refractivity contribution in [2.45, 2.75) is 45.6 Å². The van der Waals surface area contributed by atoms with Crippen molar-refractivity contribution in [1.82, 2.24) is 0 Å². The van der Waals surface area contributed by atoms with E-state index in [2.05, 4.69) is 13.8 Å². The Morgan fingerprint density at radius 1 is 1.23 bits per heavy atom. The molecule has 9 atom stereocenters. The molecular weight excluding hydrogens is 328 g/mol. The number of fused-ring (bicyclic) bond motifs is 7. The molecule has 0 aliphatic heterocycles. The van der Waals surface area contributed by atoms with Crippen LogP contribution in [-0.2, 0) is 9.59 Å². The van der Waals surface area contributed by atoms with Gasteiger partial charge < -0.3 is 10.2 Å². The van der Waals surface area contributed by atoms with Crippen molar-refractivity contribution >= 4 is 11.6 Å². The van der Waals surface area contributed by atoms with Crippen molar-refractivity contribution in [1.29, 1.82) is 0 Å². The van der Waals surface area contributed by atoms with Gasteiger partial charge in [-0.1, -0.05) is 25.5 Å². The number of rotatable bonds is 2. The Hall–Kier alpha value is -1.26. The number of Topliss-reactive ketones (excluding diaryl/α,β-unsaturated/α-hetero) is 1. The van der Waals surface area contributed by atoms with E-state index in [1.807, 2.05) is 6.08 Å². The summed E-state index contributed by atoms with van der Waals surface area (Å²) in [6.07, 6.45) is 8.64. The van der Waals surface area contributed by atoms with Crippen LogP contribution in [0, 0.1) is 46.3 Å². The average Bonchev–Trinajstić information content (AvgIpc) is 3.29. The number of carbonyl (C=O) groups is 2. The quantitative estimate of drug-likeness (QED) is 0.796. The Bertz CT molecular complexity index is 751. The predicted octanol–water partition coefficient (Wildman–Crippen LogP) is 2.30. The summed E-state index contributed by atoms with van der Waals surface area (Å²) in [4.78, 5) is 24.4. The summed E-state index contributed by atoms with van der Waals surface area (Å²) in [5.74, 6) is 1.87. The highest BCUT2D eigenvalue weighted by Crippen LogP contribution is 2.75. The molecule has 0 heterocycles. The first-order chi connectivity index (χ1) is 12.3. The summed E-state index contributed by atoms with van der Waals surface area (Å²) in [5, 5.41) is 20.7. The first-order valence-electron chi connectivity index (χ1n) is 10.1. The fraction of sp³-hybridized carbons (Fsp3) is 0.727. The number of aliphatic hydroxyl groups excluding tert-OH is 2. The lowest BCUT2D eigenvalue weighted by atomic mass is 9.45. The van der Waals surface area contributed by atoms with Crippen molar-refractivity contribution in [3.05, 3.63) is 23.8 Å². The summed E-state index contributed by atoms with van der Waals surface area (Å²) in [6.45, 7) is 3.99. The zero-order chi connectivity index (χ0) is 18.4. The number of ketones is 2. The molecule has 0 radical (unpaired) electrons. The van der Waals surface area contributed by atoms with Crippen molar-refractivity contribution in [3.63, 3.8) is 0 Å². The fourth-order valence-corrected chi connectivity index (χ4v) is 8.01. The third kappa shape index (κ3) is 1.92. The molecule has 4 heteroatoms. The molecule has 0 amide bonds. The Kier molecular flexibility index (Phi) is 3.36. The molecule has 0 spiro atoms. The van der Waals surface area contributed by atoms with Crippen LogP contribution in [0.25, 0.3) is 0 Å². The van der Waals surface area contributed by atoms with Gasteiger partial charge in [0.05, 0.1) is 6.10 Å². The maximum absolute atomic E-state index is 12.5. The Balaban J connectivity index is 1.56. The second-order valence-electron chi connectivity index (χ2n) is 9.88. The molecule has 4 saturated carbocycles. The summed E-state index contributed by atoms with van der Waals surface area (Å²) in [7, 11) is 0. The molecule has 0 aromatic heterocycles. The van der Waals surface area contributed by atoms with Crippen LogP contribution >= 0.6 is 0 Å². The van der Waals surface area contributed by atoms with Gasteiger partial charge in [0.1, 0.15) is 6.61 Å². The Morgan fingerprint density at radius 2 is 2.00 bits per heavy atom. The maximum Gasteiger partial charge on any atom is 0.178 e. The van der Waals surface area contributed by atoms with Gasteiger partial charge in [-0.25, -0.2) is 0 Å². The molecule has 26 heavy (non-hydrogen) atoms. The predicted molar refractivity (Wildman–Crippen MR) is 96.0 cm³/mol. The molecule has 5 aliphatic carbocycles. The molecule has 140 valence electrons. The van der Waals surface area contributed by atoms with E-state index in [1.165, 1.54) is 5.57 Å². The molecule has 4 fully saturated rings. The van der Waals surface area contributed by atoms with Gasteiger partial charge in [-0.3, -0.25) is 9.59 Å². The number of hydrogen-bond donors (Lipinski definition) is 2. The Labute approximate surface area is 154 Å². The largest absolute Gasteiger partial charge is 0.393 e. The topological polar surface area (TPSA) is 74.6 Å². The minimum Gasteiger partial charge on any atom is -0.393 e. The normalized spacial score (nSPS) is 53.9. The fourth-order valence-electron chi connectivity index (χ4n) is 8.01. The van der Waals surface area contributed by atoms with Gasteiger partial charge in [0.2, 0.25) is 0 Å². The lowest BCUT2D eigenvalue weighted by Gasteiger charge is -2.59. The minimum atomic E-state index is -0.473. The van der Waals surface area contributed by atoms with Gasteiger partial charge in [-0.15, -0.1) is 0 Å². The third-order valence-electron chi connectivity index (χ3n) is 8.78. The van der Waals surface area contributed by atoms with Crippen LogP contribution in [0.5, 0.6) is 0 Å². The smallest absolute Gasteiger partial charge is 0.178 e. The van der Waals surface area contributed by atoms with Gasteiger partial charge in [0, 0.05) is 17.3 Å². The van der Waals surface area contributed by atoms with Crippen molar-refractivity contribution in [3.8, 4) is 0 Å². The van der Waals surface area contributed by atoms with Crippen LogP contribution in [0.4, 0.5) is 0 Å². The molecule has 5 aliphatic rings. The molecule has 0 aromatic rings. The van der Waals surface area contributed by atoms with Crippen molar-refractivity contribution in [2.24, 2.45) is 46.3 Å². The van der Waals surface area contributed by atoms with Crippen LogP contribution in [0.1, 0.15) is 39.5 Å². The van der Waals surface area contributed by atoms with E-state index in [1.54, 1.807) is 12.2 Å². The molecular formula is C22H28O4. The van der Waals surface area contributed by atoms with Crippen LogP contribution in [0.2, 0.25) is 0 Å². The highest BCUT2D eigenvalue weighted by atomic mass is 16.3. The first-order valence-corrected chi connectivity index (χ1v) is 10.1. The molecule has 4 nitrogen and oxygen atoms in total. The number of carbonyl (C=O) groups excluding carboxylic acids is 2. The van der Waals surface area contributed by atoms with E-state index in [0.717, 1.165) is 19.3 Å². The van der Waals surface area contributed by atoms with E-state index >= 15 is 0 Å². The number of allylic oxidation sites excluding steroid dienone is 4. The van der Waals surface area contributed by atoms with Gasteiger partial charge in [0.25, 0.3) is 0 Å². The van der Waals surface area contributed by atoms with Gasteiger partial charge >= 0.3 is 0 Å². The zero-order valence-electron chi connectivity index (χ0n) is 15.5. The van der Waals surface area contributed by atoms with Crippen LogP contribution < -0.4 is 0 Å². The maximum atomic E-state index is 12.5. The second kappa shape index (κ2) is 5.17. The molecule has 0 unspecified atom stereocenters. The van der Waals surface area contributed by atoms with Gasteiger partial charge in [0.15, 0.2) is 11.6 Å². The average molecular weight is 356 g/mol. The molecule has 0 aromatic carbocycles. The lowest BCUT2D eigenvalue weighted by Crippen LogP contribution is -2.57. The van der Waals surface area contributed by atoms with Crippen LogP contribution in [0.15, 0.2) is 23.8 Å². The van der Waals surface area contributed by atoms with E-state index in [9.17, 15) is 19.8 Å². The van der Waals surface area contributed by atoms with E-state index < -0.39 is 6.10 Å². The zero-order valence-corrected chi connectivity index (χ0v) is 15.5. The van der Waals surface area contributed by atoms with Gasteiger partial charge in [-0.2, -0.15) is 0 Å². The van der Waals surface area contributed by atoms with Crippen molar-refractivity contribution in [2.75, 3.05) is 6.61 Å². The SMILES string of the molecule is C[C@]12C[C@H](O)[C@H]3[C@@H](CCC4=CC(=O)C=C[C@@]43C)[C@@H]1[C@H]1C[C@H]1[C@@H]2C(=O)CO. The molecule has 2 N–H and O–H groups in total. The summed E-state index contributed by atoms with van der Waals surface area (Å²) >= 11 is 0. The number of hydrogen-bond acceptors (Lipinski definition) is 4. The minimum absolute atomic E-state index is 0.0288. The van der Waals surface area contributed by atoms with Crippen LogP contribution in [-0.4, -0.2) is 34.5 Å². The van der Waals surface area contributed by atoms with E-state index in [0.29, 0.717) is 30.1 Å². The summed E-state index contributed by atoms with van der Waals surface area (Å²) in [6, 6.07) is 0. The van der Waals surface area contributed by atoms with Crippen LogP contribution in [0.3, 0.4) is 0 Å². The summed E-state index contributed by atoms with van der Waals surface area (Å²) in [5.41, 5.74) is 0.725. The van der Waals surface area contributed by atoms with Crippen molar-refractivity contribution < 1.29 is 19.8 Å². The summed E-state index contributed by atoms with van der Waals surface area (Å²) < 4.78 is 0. The second-order valence-corrected chi connectivity index (χ2v) is 9.88. The molecule has 0 saturated heterocycles. The molecule has 0 bridgehead atoms. The Morgan fingerprint density at radius 3 is 2.73 bits per heavy atom. The van der Waals surface area contributed by atoms with Gasteiger partial charge in [-0.05, 0) is 66.9 Å².